The summed E-state index contributed by atoms with van der Waals surface area (Å²) < 4.78 is 7.38. The Morgan fingerprint density at radius 2 is 1.84 bits per heavy atom. The third-order valence-electron chi connectivity index (χ3n) is 7.40. The summed E-state index contributed by atoms with van der Waals surface area (Å²) in [5.41, 5.74) is 3.01. The molecule has 0 saturated carbocycles. The second kappa shape index (κ2) is 9.93. The smallest absolute Gasteiger partial charge is 0.282 e. The van der Waals surface area contributed by atoms with Crippen LogP contribution in [0.2, 0.25) is 0 Å². The topological polar surface area (TPSA) is 94.7 Å². The number of carbonyl (C=O) groups excluding carboxylic acids is 2. The number of benzene rings is 2. The monoisotopic (exact) mass is 526 g/mol. The number of fused-ring (bicyclic) bond motifs is 1. The Morgan fingerprint density at radius 3 is 2.55 bits per heavy atom. The van der Waals surface area contributed by atoms with Crippen molar-refractivity contribution < 1.29 is 14.3 Å². The number of thiazole rings is 1. The summed E-state index contributed by atoms with van der Waals surface area (Å²) in [7, 11) is 1.55. The van der Waals surface area contributed by atoms with E-state index in [9.17, 15) is 14.9 Å². The van der Waals surface area contributed by atoms with Crippen LogP contribution in [0.5, 0.6) is 5.75 Å². The molecule has 2 fully saturated rings. The summed E-state index contributed by atoms with van der Waals surface area (Å²) in [6.45, 7) is 4.38. The average molecular weight is 527 g/mol. The number of rotatable bonds is 5. The molecule has 2 aromatic heterocycles. The predicted octanol–water partition coefficient (Wildman–Crippen LogP) is 3.25. The summed E-state index contributed by atoms with van der Waals surface area (Å²) in [5, 5.41) is 12.6. The van der Waals surface area contributed by atoms with E-state index in [2.05, 4.69) is 16.0 Å². The quantitative estimate of drug-likeness (QED) is 0.396. The highest BCUT2D eigenvalue weighted by molar-refractivity contribution is 7.11. The number of methoxy groups -OCH3 is 1. The number of hydrogen-bond donors (Lipinski definition) is 0. The number of likely N-dealkylation sites (tertiary alicyclic amines) is 1. The van der Waals surface area contributed by atoms with Gasteiger partial charge in [-0.3, -0.25) is 14.5 Å². The van der Waals surface area contributed by atoms with Crippen molar-refractivity contribution in [3.8, 4) is 17.5 Å². The van der Waals surface area contributed by atoms with Gasteiger partial charge in [-0.2, -0.15) is 5.26 Å². The van der Waals surface area contributed by atoms with E-state index in [-0.39, 0.29) is 11.8 Å². The van der Waals surface area contributed by atoms with Gasteiger partial charge in [0.2, 0.25) is 0 Å². The Labute approximate surface area is 224 Å². The van der Waals surface area contributed by atoms with Crippen LogP contribution < -0.4 is 4.74 Å². The van der Waals surface area contributed by atoms with E-state index >= 15 is 0 Å². The van der Waals surface area contributed by atoms with Crippen molar-refractivity contribution in [3.63, 3.8) is 0 Å². The van der Waals surface area contributed by atoms with Crippen LogP contribution in [0.25, 0.3) is 16.6 Å². The maximum absolute atomic E-state index is 13.2. The zero-order valence-electron chi connectivity index (χ0n) is 20.9. The van der Waals surface area contributed by atoms with Gasteiger partial charge in [0.05, 0.1) is 18.2 Å². The molecule has 0 bridgehead atoms. The molecule has 38 heavy (non-hydrogen) atoms. The third kappa shape index (κ3) is 4.30. The van der Waals surface area contributed by atoms with Crippen molar-refractivity contribution in [3.05, 3.63) is 76.4 Å². The zero-order chi connectivity index (χ0) is 26.2. The summed E-state index contributed by atoms with van der Waals surface area (Å²) in [4.78, 5) is 36.0. The van der Waals surface area contributed by atoms with Crippen LogP contribution in [0.4, 0.5) is 0 Å². The minimum atomic E-state index is 0.00704. The van der Waals surface area contributed by atoms with Crippen molar-refractivity contribution in [1.29, 1.82) is 5.26 Å². The Bertz CT molecular complexity index is 1540. The molecule has 0 atom stereocenters. The summed E-state index contributed by atoms with van der Waals surface area (Å²) in [5.74, 6) is 0.569. The highest BCUT2D eigenvalue weighted by Gasteiger charge is 2.37. The molecule has 0 aliphatic carbocycles. The maximum atomic E-state index is 13.2. The normalized spacial score (nSPS) is 16.3. The second-order valence-corrected chi connectivity index (χ2v) is 10.4. The highest BCUT2D eigenvalue weighted by Crippen LogP contribution is 2.27. The van der Waals surface area contributed by atoms with E-state index in [1.54, 1.807) is 19.4 Å². The molecule has 192 valence electrons. The number of aromatic nitrogens is 2. The molecule has 0 N–H and O–H groups in total. The summed E-state index contributed by atoms with van der Waals surface area (Å²) in [6.07, 6.45) is 3.62. The lowest BCUT2D eigenvalue weighted by atomic mass is 10.0. The fraction of sp³-hybridized carbons (Fsp3) is 0.286. The molecule has 2 aromatic carbocycles. The van der Waals surface area contributed by atoms with Gasteiger partial charge in [0.15, 0.2) is 5.01 Å². The Morgan fingerprint density at radius 1 is 1.03 bits per heavy atom. The van der Waals surface area contributed by atoms with Gasteiger partial charge >= 0.3 is 0 Å². The van der Waals surface area contributed by atoms with E-state index in [0.29, 0.717) is 54.1 Å². The minimum absolute atomic E-state index is 0.00704. The van der Waals surface area contributed by atoms with Gasteiger partial charge in [-0.05, 0) is 36.4 Å². The number of nitrogens with zero attached hydrogens (tertiary/aromatic N) is 6. The van der Waals surface area contributed by atoms with Crippen LogP contribution in [0.3, 0.4) is 0 Å². The molecule has 10 heteroatoms. The Balaban J connectivity index is 1.08. The van der Waals surface area contributed by atoms with Gasteiger partial charge < -0.3 is 19.1 Å². The van der Waals surface area contributed by atoms with Crippen LogP contribution in [-0.4, -0.2) is 88.5 Å². The van der Waals surface area contributed by atoms with Crippen molar-refractivity contribution in [2.75, 3.05) is 46.4 Å². The van der Waals surface area contributed by atoms with Gasteiger partial charge in [0.1, 0.15) is 11.8 Å². The third-order valence-corrected chi connectivity index (χ3v) is 8.16. The molecule has 2 saturated heterocycles. The SMILES string of the molecule is COc1cc(-n2ccc3cc(C(=O)N4CC(N5CCN(C(=O)c6nccs6)CC5)C4)ccc32)ccc1C#N. The van der Waals surface area contributed by atoms with Gasteiger partial charge in [-0.25, -0.2) is 4.98 Å². The lowest BCUT2D eigenvalue weighted by Crippen LogP contribution is -2.64. The van der Waals surface area contributed by atoms with E-state index in [0.717, 1.165) is 29.7 Å². The molecule has 2 amide bonds. The first kappa shape index (κ1) is 24.2. The summed E-state index contributed by atoms with van der Waals surface area (Å²) in [6, 6.07) is 15.7. The van der Waals surface area contributed by atoms with Crippen LogP contribution in [0, 0.1) is 11.3 Å². The van der Waals surface area contributed by atoms with Gasteiger partial charge in [0, 0.05) is 85.8 Å². The molecular formula is C28H26N6O3S. The average Bonchev–Trinajstić information content (AvgIpc) is 3.62. The fourth-order valence-electron chi connectivity index (χ4n) is 5.21. The van der Waals surface area contributed by atoms with E-state index in [4.69, 9.17) is 4.74 Å². The standard InChI is InChI=1S/C28H26N6O3S/c1-37-25-15-22(4-2-21(25)16-29)34-8-6-19-14-20(3-5-24(19)34)27(35)33-17-23(18-33)31-9-11-32(12-10-31)28(36)26-30-7-13-38-26/h2-8,13-15,23H,9-12,17-18H2,1H3. The van der Waals surface area contributed by atoms with E-state index in [1.165, 1.54) is 11.3 Å². The lowest BCUT2D eigenvalue weighted by Gasteiger charge is -2.48. The van der Waals surface area contributed by atoms with Crippen LogP contribution in [0.1, 0.15) is 25.7 Å². The largest absolute Gasteiger partial charge is 0.495 e. The van der Waals surface area contributed by atoms with Crippen LogP contribution >= 0.6 is 11.3 Å². The molecule has 2 aliphatic rings. The zero-order valence-corrected chi connectivity index (χ0v) is 21.7. The number of carbonyl (C=O) groups is 2. The van der Waals surface area contributed by atoms with Crippen molar-refractivity contribution in [1.82, 2.24) is 24.3 Å². The number of hydrogen-bond acceptors (Lipinski definition) is 7. The number of nitriles is 1. The molecule has 9 nitrogen and oxygen atoms in total. The molecular weight excluding hydrogens is 500 g/mol. The Hall–Kier alpha value is -4.20. The first-order valence-electron chi connectivity index (χ1n) is 12.5. The number of piperazine rings is 1. The van der Waals surface area contributed by atoms with Crippen LogP contribution in [0.15, 0.2) is 60.2 Å². The minimum Gasteiger partial charge on any atom is -0.495 e. The number of ether oxygens (including phenoxy) is 1. The van der Waals surface area contributed by atoms with Crippen molar-refractivity contribution in [2.45, 2.75) is 6.04 Å². The van der Waals surface area contributed by atoms with Crippen molar-refractivity contribution in [2.24, 2.45) is 0 Å². The Kier molecular flexibility index (Phi) is 6.31. The van der Waals surface area contributed by atoms with Gasteiger partial charge in [-0.1, -0.05) is 0 Å². The van der Waals surface area contributed by atoms with Gasteiger partial charge in [-0.15, -0.1) is 11.3 Å². The molecule has 4 aromatic rings. The van der Waals surface area contributed by atoms with E-state index < -0.39 is 0 Å². The van der Waals surface area contributed by atoms with Crippen molar-refractivity contribution >= 4 is 34.1 Å². The molecule has 0 radical (unpaired) electrons. The first-order valence-corrected chi connectivity index (χ1v) is 13.4. The first-order chi connectivity index (χ1) is 18.6. The number of amides is 2. The lowest BCUT2D eigenvalue weighted by molar-refractivity contribution is 0.00854. The van der Waals surface area contributed by atoms with Gasteiger partial charge in [0.25, 0.3) is 11.8 Å². The highest BCUT2D eigenvalue weighted by atomic mass is 32.1. The predicted molar refractivity (Wildman–Crippen MR) is 144 cm³/mol. The molecule has 0 spiro atoms. The van der Waals surface area contributed by atoms with Crippen LogP contribution in [-0.2, 0) is 0 Å². The molecule has 6 rings (SSSR count). The molecule has 4 heterocycles. The second-order valence-electron chi connectivity index (χ2n) is 9.49. The maximum Gasteiger partial charge on any atom is 0.282 e. The summed E-state index contributed by atoms with van der Waals surface area (Å²) >= 11 is 1.38. The van der Waals surface area contributed by atoms with E-state index in [1.807, 2.05) is 62.3 Å². The molecule has 0 unspecified atom stereocenters. The fourth-order valence-corrected chi connectivity index (χ4v) is 5.81. The molecule has 2 aliphatic heterocycles.